The number of carbonyl (C=O) groups is 1. The zero-order valence-electron chi connectivity index (χ0n) is 8.92. The quantitative estimate of drug-likeness (QED) is 0.686. The van der Waals surface area contributed by atoms with Crippen LogP contribution >= 0.6 is 0 Å². The minimum atomic E-state index is -0.809. The largest absolute Gasteiger partial charge is 0.478 e. The van der Waals surface area contributed by atoms with Gasteiger partial charge in [-0.3, -0.25) is 0 Å². The summed E-state index contributed by atoms with van der Waals surface area (Å²) in [7, 11) is 0. The summed E-state index contributed by atoms with van der Waals surface area (Å²) in [4.78, 5) is 10.9. The van der Waals surface area contributed by atoms with Gasteiger partial charge in [0.15, 0.2) is 0 Å². The molecule has 1 N–H and O–H groups in total. The van der Waals surface area contributed by atoms with Crippen molar-refractivity contribution < 1.29 is 9.90 Å². The molecule has 0 radical (unpaired) electrons. The Labute approximate surface area is 85.0 Å². The van der Waals surface area contributed by atoms with E-state index in [2.05, 4.69) is 20.4 Å². The Morgan fingerprint density at radius 1 is 1.43 bits per heavy atom. The summed E-state index contributed by atoms with van der Waals surface area (Å²) < 4.78 is 0. The van der Waals surface area contributed by atoms with Gasteiger partial charge in [-0.05, 0) is 42.4 Å². The van der Waals surface area contributed by atoms with Crippen LogP contribution in [0.1, 0.15) is 33.1 Å². The van der Waals surface area contributed by atoms with Crippen LogP contribution in [-0.4, -0.2) is 11.1 Å². The molecule has 3 saturated carbocycles. The molecule has 2 heteroatoms. The minimum absolute atomic E-state index is 0.229. The van der Waals surface area contributed by atoms with E-state index in [9.17, 15) is 4.79 Å². The highest BCUT2D eigenvalue weighted by Crippen LogP contribution is 2.62. The van der Waals surface area contributed by atoms with E-state index in [1.807, 2.05) is 0 Å². The molecule has 0 amide bonds. The normalized spacial score (nSPS) is 38.6. The predicted molar refractivity (Wildman–Crippen MR) is 54.9 cm³/mol. The minimum Gasteiger partial charge on any atom is -0.478 e. The van der Waals surface area contributed by atoms with Gasteiger partial charge in [-0.2, -0.15) is 0 Å². The van der Waals surface area contributed by atoms with E-state index in [1.54, 1.807) is 0 Å². The summed E-state index contributed by atoms with van der Waals surface area (Å²) in [6, 6.07) is 0. The van der Waals surface area contributed by atoms with Gasteiger partial charge in [0.05, 0.1) is 0 Å². The summed E-state index contributed by atoms with van der Waals surface area (Å²) in [5.74, 6) is 0.804. The molecule has 3 atom stereocenters. The highest BCUT2D eigenvalue weighted by atomic mass is 16.4. The standard InChI is InChI=1S/C12H18O2/c1-7(11(13)14)9-5-4-8-6-10(9)12(8,2)3/h8-10H,1,4-6H2,2-3H3,(H,13,14). The average molecular weight is 194 g/mol. The second kappa shape index (κ2) is 2.85. The van der Waals surface area contributed by atoms with Gasteiger partial charge in [0, 0.05) is 5.57 Å². The Morgan fingerprint density at radius 2 is 2.07 bits per heavy atom. The third-order valence-corrected chi connectivity index (χ3v) is 4.58. The first-order valence-corrected chi connectivity index (χ1v) is 5.36. The van der Waals surface area contributed by atoms with E-state index in [4.69, 9.17) is 5.11 Å². The lowest BCUT2D eigenvalue weighted by molar-refractivity contribution is -0.137. The van der Waals surface area contributed by atoms with Crippen molar-refractivity contribution in [2.75, 3.05) is 0 Å². The molecule has 3 unspecified atom stereocenters. The number of carboxylic acid groups (broad SMARTS) is 1. The fourth-order valence-corrected chi connectivity index (χ4v) is 3.39. The van der Waals surface area contributed by atoms with Crippen molar-refractivity contribution in [3.63, 3.8) is 0 Å². The number of hydrogen-bond acceptors (Lipinski definition) is 1. The van der Waals surface area contributed by atoms with Gasteiger partial charge in [-0.1, -0.05) is 20.4 Å². The van der Waals surface area contributed by atoms with Crippen LogP contribution in [0.2, 0.25) is 0 Å². The van der Waals surface area contributed by atoms with Crippen molar-refractivity contribution in [2.24, 2.45) is 23.2 Å². The van der Waals surface area contributed by atoms with Crippen molar-refractivity contribution in [1.82, 2.24) is 0 Å². The molecule has 3 aliphatic carbocycles. The second-order valence-electron chi connectivity index (χ2n) is 5.37. The zero-order chi connectivity index (χ0) is 10.5. The number of hydrogen-bond donors (Lipinski definition) is 1. The van der Waals surface area contributed by atoms with Crippen molar-refractivity contribution in [3.05, 3.63) is 12.2 Å². The molecule has 3 aliphatic rings. The van der Waals surface area contributed by atoms with Gasteiger partial charge in [0.1, 0.15) is 0 Å². The van der Waals surface area contributed by atoms with E-state index >= 15 is 0 Å². The van der Waals surface area contributed by atoms with Crippen molar-refractivity contribution in [3.8, 4) is 0 Å². The fourth-order valence-electron chi connectivity index (χ4n) is 3.39. The molecule has 0 spiro atoms. The summed E-state index contributed by atoms with van der Waals surface area (Å²) in [6.07, 6.45) is 3.42. The summed E-state index contributed by atoms with van der Waals surface area (Å²) in [5.41, 5.74) is 0.780. The zero-order valence-corrected chi connectivity index (χ0v) is 8.92. The van der Waals surface area contributed by atoms with Crippen LogP contribution in [0.4, 0.5) is 0 Å². The van der Waals surface area contributed by atoms with Crippen LogP contribution < -0.4 is 0 Å². The molecular formula is C12H18O2. The van der Waals surface area contributed by atoms with Crippen LogP contribution in [-0.2, 0) is 4.79 Å². The van der Waals surface area contributed by atoms with E-state index < -0.39 is 5.97 Å². The van der Waals surface area contributed by atoms with Crippen molar-refractivity contribution in [1.29, 1.82) is 0 Å². The molecule has 3 rings (SSSR count). The Morgan fingerprint density at radius 3 is 2.50 bits per heavy atom. The molecule has 3 fully saturated rings. The van der Waals surface area contributed by atoms with E-state index in [1.165, 1.54) is 12.8 Å². The van der Waals surface area contributed by atoms with Crippen molar-refractivity contribution in [2.45, 2.75) is 33.1 Å². The highest BCUT2D eigenvalue weighted by molar-refractivity contribution is 5.86. The smallest absolute Gasteiger partial charge is 0.331 e. The van der Waals surface area contributed by atoms with Gasteiger partial charge >= 0.3 is 5.97 Å². The topological polar surface area (TPSA) is 37.3 Å². The molecule has 2 nitrogen and oxygen atoms in total. The first-order valence-electron chi connectivity index (χ1n) is 5.36. The lowest BCUT2D eigenvalue weighted by Crippen LogP contribution is -2.53. The third kappa shape index (κ3) is 1.13. The first-order chi connectivity index (χ1) is 6.44. The van der Waals surface area contributed by atoms with Crippen LogP contribution in [0.15, 0.2) is 12.2 Å². The van der Waals surface area contributed by atoms with Gasteiger partial charge < -0.3 is 5.11 Å². The van der Waals surface area contributed by atoms with Crippen LogP contribution in [0.3, 0.4) is 0 Å². The van der Waals surface area contributed by atoms with Gasteiger partial charge in [0.2, 0.25) is 0 Å². The highest BCUT2D eigenvalue weighted by Gasteiger charge is 2.55. The predicted octanol–water partition coefficient (Wildman–Crippen LogP) is 2.70. The fraction of sp³-hybridized carbons (Fsp3) is 0.750. The maximum absolute atomic E-state index is 10.9. The molecule has 2 bridgehead atoms. The SMILES string of the molecule is C=C(C(=O)O)C1CCC2CC1C2(C)C. The van der Waals surface area contributed by atoms with Gasteiger partial charge in [0.25, 0.3) is 0 Å². The summed E-state index contributed by atoms with van der Waals surface area (Å²) in [5, 5.41) is 8.94. The number of carboxylic acids is 1. The Bertz CT molecular complexity index is 289. The van der Waals surface area contributed by atoms with E-state index in [0.29, 0.717) is 16.9 Å². The van der Waals surface area contributed by atoms with E-state index in [-0.39, 0.29) is 5.92 Å². The Kier molecular flexibility index (Phi) is 1.98. The average Bonchev–Trinajstić information content (AvgIpc) is 2.16. The molecule has 0 aromatic heterocycles. The van der Waals surface area contributed by atoms with Gasteiger partial charge in [-0.15, -0.1) is 0 Å². The van der Waals surface area contributed by atoms with Gasteiger partial charge in [-0.25, -0.2) is 4.79 Å². The van der Waals surface area contributed by atoms with Crippen LogP contribution in [0.25, 0.3) is 0 Å². The Hall–Kier alpha value is -0.790. The first kappa shape index (κ1) is 9.75. The summed E-state index contributed by atoms with van der Waals surface area (Å²) >= 11 is 0. The molecular weight excluding hydrogens is 176 g/mol. The van der Waals surface area contributed by atoms with Crippen LogP contribution in [0, 0.1) is 23.2 Å². The third-order valence-electron chi connectivity index (χ3n) is 4.58. The molecule has 0 heterocycles. The lowest BCUT2D eigenvalue weighted by Gasteiger charge is -2.60. The molecule has 0 aromatic carbocycles. The molecule has 0 aromatic rings. The lowest BCUT2D eigenvalue weighted by atomic mass is 9.45. The molecule has 14 heavy (non-hydrogen) atoms. The maximum Gasteiger partial charge on any atom is 0.331 e. The van der Waals surface area contributed by atoms with Crippen LogP contribution in [0.5, 0.6) is 0 Å². The monoisotopic (exact) mass is 194 g/mol. The van der Waals surface area contributed by atoms with Crippen molar-refractivity contribution >= 4 is 5.97 Å². The molecule has 78 valence electrons. The summed E-state index contributed by atoms with van der Waals surface area (Å²) in [6.45, 7) is 8.26. The number of rotatable bonds is 2. The number of aliphatic carboxylic acids is 1. The van der Waals surface area contributed by atoms with E-state index in [0.717, 1.165) is 12.3 Å². The maximum atomic E-state index is 10.9. The molecule has 0 saturated heterocycles. The second-order valence-corrected chi connectivity index (χ2v) is 5.37. The Balaban J connectivity index is 2.15. The molecule has 0 aliphatic heterocycles. The number of fused-ring (bicyclic) bond motifs is 2.